The highest BCUT2D eigenvalue weighted by Crippen LogP contribution is 2.45. The minimum atomic E-state index is -0.970. The summed E-state index contributed by atoms with van der Waals surface area (Å²) < 4.78 is 9.94. The van der Waals surface area contributed by atoms with Crippen LogP contribution in [-0.2, 0) is 9.59 Å². The van der Waals surface area contributed by atoms with Crippen LogP contribution >= 0.6 is 11.8 Å². The van der Waals surface area contributed by atoms with Crippen LogP contribution in [0.3, 0.4) is 0 Å². The molecule has 2 heterocycles. The molecule has 1 saturated heterocycles. The topological polar surface area (TPSA) is 106 Å². The first-order valence-electron chi connectivity index (χ1n) is 7.59. The normalized spacial score (nSPS) is 22.0. The summed E-state index contributed by atoms with van der Waals surface area (Å²) in [6.45, 7) is 4.90. The lowest BCUT2D eigenvalue weighted by atomic mass is 10.0. The van der Waals surface area contributed by atoms with Gasteiger partial charge in [-0.05, 0) is 32.0 Å². The molecule has 0 unspecified atom stereocenters. The Morgan fingerprint density at radius 3 is 2.68 bits per heavy atom. The van der Waals surface area contributed by atoms with Crippen molar-refractivity contribution < 1.29 is 23.8 Å². The molecule has 0 bridgehead atoms. The number of rotatable bonds is 3. The Morgan fingerprint density at radius 1 is 1.36 bits per heavy atom. The first kappa shape index (κ1) is 17.5. The molecule has 1 aliphatic heterocycles. The first-order chi connectivity index (χ1) is 11.7. The number of carbonyl (C=O) groups is 2. The summed E-state index contributed by atoms with van der Waals surface area (Å²) in [5.41, 5.74) is 0.401. The van der Waals surface area contributed by atoms with Gasteiger partial charge in [0.15, 0.2) is 5.43 Å². The summed E-state index contributed by atoms with van der Waals surface area (Å²) in [6, 6.07) is 3.76. The fourth-order valence-electron chi connectivity index (χ4n) is 2.82. The fourth-order valence-corrected chi connectivity index (χ4v) is 4.22. The third kappa shape index (κ3) is 3.27. The number of aliphatic carboxylic acids is 1. The molecule has 3 rings (SSSR count). The predicted molar refractivity (Wildman–Crippen MR) is 92.8 cm³/mol. The number of thioether (sulfide) groups is 1. The minimum absolute atomic E-state index is 0.250. The number of hydrogen-bond donors (Lipinski definition) is 2. The largest absolute Gasteiger partial charge is 0.480 e. The quantitative estimate of drug-likeness (QED) is 0.632. The Bertz CT molecular complexity index is 919. The van der Waals surface area contributed by atoms with Gasteiger partial charge in [-0.15, -0.1) is 11.8 Å². The summed E-state index contributed by atoms with van der Waals surface area (Å²) in [4.78, 5) is 35.3. The lowest BCUT2D eigenvalue weighted by Crippen LogP contribution is -2.43. The van der Waals surface area contributed by atoms with Crippen molar-refractivity contribution in [3.8, 4) is 5.75 Å². The summed E-state index contributed by atoms with van der Waals surface area (Å²) in [7, 11) is 0. The van der Waals surface area contributed by atoms with E-state index in [9.17, 15) is 19.5 Å². The Balaban J connectivity index is 2.03. The van der Waals surface area contributed by atoms with E-state index in [1.165, 1.54) is 31.0 Å². The molecule has 0 spiro atoms. The van der Waals surface area contributed by atoms with Crippen LogP contribution in [0.15, 0.2) is 33.7 Å². The van der Waals surface area contributed by atoms with Gasteiger partial charge in [-0.3, -0.25) is 19.7 Å². The zero-order valence-corrected chi connectivity index (χ0v) is 14.7. The Kier molecular flexibility index (Phi) is 4.34. The molecule has 132 valence electrons. The minimum Gasteiger partial charge on any atom is -0.480 e. The first-order valence-corrected chi connectivity index (χ1v) is 8.47. The molecular formula is C17H17NO6S. The lowest BCUT2D eigenvalue weighted by molar-refractivity contribution is -0.140. The average Bonchev–Trinajstić information content (AvgIpc) is 2.83. The van der Waals surface area contributed by atoms with Gasteiger partial charge in [0.25, 0.3) is 0 Å². The van der Waals surface area contributed by atoms with Gasteiger partial charge in [-0.1, -0.05) is 0 Å². The van der Waals surface area contributed by atoms with Crippen molar-refractivity contribution in [2.45, 2.75) is 36.9 Å². The number of nitrogens with one attached hydrogen (secondary N) is 1. The van der Waals surface area contributed by atoms with Crippen molar-refractivity contribution in [1.29, 1.82) is 0 Å². The van der Waals surface area contributed by atoms with Gasteiger partial charge in [0.05, 0.1) is 16.3 Å². The number of esters is 1. The number of carboxylic acid groups (broad SMARTS) is 1. The van der Waals surface area contributed by atoms with E-state index in [2.05, 4.69) is 5.32 Å². The highest BCUT2D eigenvalue weighted by molar-refractivity contribution is 8.01. The van der Waals surface area contributed by atoms with Gasteiger partial charge in [0, 0.05) is 11.7 Å². The molecule has 1 aliphatic rings. The molecule has 7 nitrogen and oxygen atoms in total. The Morgan fingerprint density at radius 2 is 2.08 bits per heavy atom. The van der Waals surface area contributed by atoms with Crippen molar-refractivity contribution in [3.05, 3.63) is 40.2 Å². The van der Waals surface area contributed by atoms with Gasteiger partial charge >= 0.3 is 11.9 Å². The molecule has 25 heavy (non-hydrogen) atoms. The van der Waals surface area contributed by atoms with E-state index in [1.807, 2.05) is 13.8 Å². The molecule has 2 aromatic rings. The van der Waals surface area contributed by atoms with Crippen LogP contribution in [0.1, 0.15) is 31.7 Å². The standard InChI is InChI=1S/C17H17NO6S/c1-8(19)24-9-4-5-12-10(6-9)13(20)11(7-23-12)15-18-14(16(21)22)17(2,3)25-15/h4-7,14-15,18H,1-3H3,(H,21,22)/t14-,15-/m0/s1. The lowest BCUT2D eigenvalue weighted by Gasteiger charge is -2.20. The number of carboxylic acids is 1. The number of benzene rings is 1. The van der Waals surface area contributed by atoms with Crippen LogP contribution in [0.25, 0.3) is 11.0 Å². The SMILES string of the molecule is CC(=O)Oc1ccc2occ([C@H]3N[C@@H](C(=O)O)C(C)(C)S3)c(=O)c2c1. The van der Waals surface area contributed by atoms with E-state index in [4.69, 9.17) is 9.15 Å². The zero-order valence-electron chi connectivity index (χ0n) is 13.9. The van der Waals surface area contributed by atoms with E-state index >= 15 is 0 Å². The Hall–Kier alpha value is -2.32. The molecule has 0 amide bonds. The van der Waals surface area contributed by atoms with E-state index in [0.717, 1.165) is 0 Å². The monoisotopic (exact) mass is 363 g/mol. The highest BCUT2D eigenvalue weighted by atomic mass is 32.2. The third-order valence-corrected chi connectivity index (χ3v) is 5.47. The van der Waals surface area contributed by atoms with Crippen molar-refractivity contribution in [2.24, 2.45) is 0 Å². The number of ether oxygens (including phenoxy) is 1. The maximum Gasteiger partial charge on any atom is 0.322 e. The van der Waals surface area contributed by atoms with E-state index < -0.39 is 28.1 Å². The maximum atomic E-state index is 12.8. The van der Waals surface area contributed by atoms with E-state index in [-0.39, 0.29) is 16.6 Å². The fraction of sp³-hybridized carbons (Fsp3) is 0.353. The van der Waals surface area contributed by atoms with Crippen LogP contribution < -0.4 is 15.5 Å². The van der Waals surface area contributed by atoms with E-state index in [1.54, 1.807) is 12.1 Å². The van der Waals surface area contributed by atoms with Gasteiger partial charge in [0.2, 0.25) is 0 Å². The van der Waals surface area contributed by atoms with Crippen molar-refractivity contribution >= 4 is 34.7 Å². The molecule has 0 aliphatic carbocycles. The molecule has 2 atom stereocenters. The molecule has 1 aromatic carbocycles. The van der Waals surface area contributed by atoms with Gasteiger partial charge < -0.3 is 14.3 Å². The molecule has 0 radical (unpaired) electrons. The summed E-state index contributed by atoms with van der Waals surface area (Å²) >= 11 is 1.36. The van der Waals surface area contributed by atoms with Gasteiger partial charge in [0.1, 0.15) is 23.6 Å². The molecule has 1 fully saturated rings. The zero-order chi connectivity index (χ0) is 18.4. The second-order valence-corrected chi connectivity index (χ2v) is 8.07. The van der Waals surface area contributed by atoms with E-state index in [0.29, 0.717) is 11.1 Å². The van der Waals surface area contributed by atoms with Crippen molar-refractivity contribution in [3.63, 3.8) is 0 Å². The van der Waals surface area contributed by atoms with Crippen LogP contribution in [0.5, 0.6) is 5.75 Å². The van der Waals surface area contributed by atoms with Crippen LogP contribution in [-0.4, -0.2) is 27.8 Å². The second kappa shape index (κ2) is 6.20. The molecular weight excluding hydrogens is 346 g/mol. The average molecular weight is 363 g/mol. The van der Waals surface area contributed by atoms with Crippen LogP contribution in [0.2, 0.25) is 0 Å². The highest BCUT2D eigenvalue weighted by Gasteiger charge is 2.46. The predicted octanol–water partition coefficient (Wildman–Crippen LogP) is 2.29. The molecule has 2 N–H and O–H groups in total. The van der Waals surface area contributed by atoms with Crippen LogP contribution in [0.4, 0.5) is 0 Å². The summed E-state index contributed by atoms with van der Waals surface area (Å²) in [5.74, 6) is -1.21. The van der Waals surface area contributed by atoms with Crippen molar-refractivity contribution in [1.82, 2.24) is 5.32 Å². The van der Waals surface area contributed by atoms with Gasteiger partial charge in [-0.25, -0.2) is 0 Å². The molecule has 0 saturated carbocycles. The second-order valence-electron chi connectivity index (χ2n) is 6.31. The summed E-state index contributed by atoms with van der Waals surface area (Å²) in [5, 5.41) is 12.1. The third-order valence-electron chi connectivity index (χ3n) is 4.00. The maximum absolute atomic E-state index is 12.8. The van der Waals surface area contributed by atoms with Crippen LogP contribution in [0, 0.1) is 0 Å². The smallest absolute Gasteiger partial charge is 0.322 e. The molecule has 8 heteroatoms. The van der Waals surface area contributed by atoms with Gasteiger partial charge in [-0.2, -0.15) is 0 Å². The number of carbonyl (C=O) groups excluding carboxylic acids is 1. The van der Waals surface area contributed by atoms with Crippen molar-refractivity contribution in [2.75, 3.05) is 0 Å². The Labute approximate surface area is 147 Å². The molecule has 1 aromatic heterocycles. The summed E-state index contributed by atoms with van der Waals surface area (Å²) in [6.07, 6.45) is 1.35. The number of fused-ring (bicyclic) bond motifs is 1. The number of hydrogen-bond acceptors (Lipinski definition) is 7.